The molecule has 0 aromatic heterocycles. The number of hydrogen-bond acceptors (Lipinski definition) is 2. The Morgan fingerprint density at radius 2 is 1.68 bits per heavy atom. The van der Waals surface area contributed by atoms with Crippen molar-refractivity contribution >= 4 is 5.91 Å². The van der Waals surface area contributed by atoms with E-state index < -0.39 is 0 Å². The molecule has 1 fully saturated rings. The van der Waals surface area contributed by atoms with E-state index in [0.29, 0.717) is 18.3 Å². The molecule has 1 saturated heterocycles. The Labute approximate surface area is 134 Å². The summed E-state index contributed by atoms with van der Waals surface area (Å²) in [5.41, 5.74) is 2.58. The fraction of sp³-hybridized carbons (Fsp3) is 0.632. The molecule has 0 aliphatic carbocycles. The standard InChI is InChI=1S/C19H29NO2/c1-14(2)17-4-6-18(7-5-17)15(3)12-19(22)20-10-8-16(13-21)9-11-20/h4-7,14-16,21H,8-13H2,1-3H3. The summed E-state index contributed by atoms with van der Waals surface area (Å²) < 4.78 is 0. The van der Waals surface area contributed by atoms with Crippen LogP contribution >= 0.6 is 0 Å². The Hall–Kier alpha value is -1.35. The lowest BCUT2D eigenvalue weighted by Crippen LogP contribution is -2.39. The van der Waals surface area contributed by atoms with E-state index in [2.05, 4.69) is 45.0 Å². The van der Waals surface area contributed by atoms with Crippen LogP contribution in [0.25, 0.3) is 0 Å². The van der Waals surface area contributed by atoms with Gasteiger partial charge in [-0.15, -0.1) is 0 Å². The lowest BCUT2D eigenvalue weighted by Gasteiger charge is -2.32. The summed E-state index contributed by atoms with van der Waals surface area (Å²) in [5, 5.41) is 9.17. The third kappa shape index (κ3) is 4.33. The first-order valence-electron chi connectivity index (χ1n) is 8.49. The van der Waals surface area contributed by atoms with Gasteiger partial charge in [-0.1, -0.05) is 45.0 Å². The lowest BCUT2D eigenvalue weighted by molar-refractivity contribution is -0.133. The number of aliphatic hydroxyl groups excluding tert-OH is 1. The molecule has 1 atom stereocenters. The van der Waals surface area contributed by atoms with Crippen molar-refractivity contribution in [3.05, 3.63) is 35.4 Å². The summed E-state index contributed by atoms with van der Waals surface area (Å²) in [6.45, 7) is 8.35. The summed E-state index contributed by atoms with van der Waals surface area (Å²) in [4.78, 5) is 14.4. The van der Waals surface area contributed by atoms with Crippen LogP contribution in [0, 0.1) is 5.92 Å². The van der Waals surface area contributed by atoms with E-state index >= 15 is 0 Å². The largest absolute Gasteiger partial charge is 0.396 e. The molecule has 0 spiro atoms. The van der Waals surface area contributed by atoms with E-state index in [1.807, 2.05) is 4.90 Å². The van der Waals surface area contributed by atoms with Gasteiger partial charge in [-0.05, 0) is 41.7 Å². The van der Waals surface area contributed by atoms with Gasteiger partial charge in [0.15, 0.2) is 0 Å². The monoisotopic (exact) mass is 303 g/mol. The Morgan fingerprint density at radius 3 is 2.18 bits per heavy atom. The number of piperidine rings is 1. The fourth-order valence-corrected chi connectivity index (χ4v) is 3.08. The third-order valence-corrected chi connectivity index (χ3v) is 4.88. The zero-order chi connectivity index (χ0) is 16.1. The van der Waals surface area contributed by atoms with Crippen molar-refractivity contribution in [2.24, 2.45) is 5.92 Å². The first kappa shape index (κ1) is 17.0. The summed E-state index contributed by atoms with van der Waals surface area (Å²) in [7, 11) is 0. The van der Waals surface area contributed by atoms with E-state index in [-0.39, 0.29) is 18.4 Å². The second-order valence-corrected chi connectivity index (χ2v) is 6.93. The second-order valence-electron chi connectivity index (χ2n) is 6.93. The molecule has 122 valence electrons. The highest BCUT2D eigenvalue weighted by molar-refractivity contribution is 5.77. The number of aliphatic hydroxyl groups is 1. The number of rotatable bonds is 5. The van der Waals surface area contributed by atoms with Crippen molar-refractivity contribution < 1.29 is 9.90 Å². The highest BCUT2D eigenvalue weighted by Gasteiger charge is 2.23. The van der Waals surface area contributed by atoms with E-state index in [1.54, 1.807) is 0 Å². The van der Waals surface area contributed by atoms with Gasteiger partial charge in [-0.3, -0.25) is 4.79 Å². The van der Waals surface area contributed by atoms with Crippen molar-refractivity contribution in [3.8, 4) is 0 Å². The highest BCUT2D eigenvalue weighted by atomic mass is 16.3. The Bertz CT molecular complexity index is 473. The molecule has 1 aliphatic heterocycles. The minimum atomic E-state index is 0.247. The molecule has 1 aromatic rings. The zero-order valence-corrected chi connectivity index (χ0v) is 14.1. The van der Waals surface area contributed by atoms with Gasteiger partial charge in [-0.2, -0.15) is 0 Å². The topological polar surface area (TPSA) is 40.5 Å². The maximum absolute atomic E-state index is 12.4. The number of hydrogen-bond donors (Lipinski definition) is 1. The first-order valence-corrected chi connectivity index (χ1v) is 8.49. The molecule has 1 aromatic carbocycles. The normalized spacial score (nSPS) is 17.8. The van der Waals surface area contributed by atoms with Crippen LogP contribution in [0.4, 0.5) is 0 Å². The van der Waals surface area contributed by atoms with Crippen LogP contribution in [0.1, 0.15) is 63.0 Å². The van der Waals surface area contributed by atoms with Crippen LogP contribution in [-0.2, 0) is 4.79 Å². The van der Waals surface area contributed by atoms with Gasteiger partial charge < -0.3 is 10.0 Å². The second kappa shape index (κ2) is 7.77. The summed E-state index contributed by atoms with van der Waals surface area (Å²) >= 11 is 0. The van der Waals surface area contributed by atoms with Crippen LogP contribution in [0.3, 0.4) is 0 Å². The van der Waals surface area contributed by atoms with Crippen molar-refractivity contribution in [3.63, 3.8) is 0 Å². The minimum Gasteiger partial charge on any atom is -0.396 e. The lowest BCUT2D eigenvalue weighted by atomic mass is 9.93. The summed E-state index contributed by atoms with van der Waals surface area (Å²) in [6.07, 6.45) is 2.43. The van der Waals surface area contributed by atoms with Crippen molar-refractivity contribution in [1.29, 1.82) is 0 Å². The van der Waals surface area contributed by atoms with Gasteiger partial charge in [0.25, 0.3) is 0 Å². The molecule has 22 heavy (non-hydrogen) atoms. The Morgan fingerprint density at radius 1 is 1.14 bits per heavy atom. The summed E-state index contributed by atoms with van der Waals surface area (Å²) in [6, 6.07) is 8.66. The number of amides is 1. The maximum Gasteiger partial charge on any atom is 0.223 e. The van der Waals surface area contributed by atoms with E-state index in [0.717, 1.165) is 25.9 Å². The van der Waals surface area contributed by atoms with Gasteiger partial charge in [0.1, 0.15) is 0 Å². The zero-order valence-electron chi connectivity index (χ0n) is 14.1. The Balaban J connectivity index is 1.88. The number of carbonyl (C=O) groups is 1. The van der Waals surface area contributed by atoms with Crippen LogP contribution < -0.4 is 0 Å². The van der Waals surface area contributed by atoms with Crippen molar-refractivity contribution in [2.75, 3.05) is 19.7 Å². The molecule has 1 amide bonds. The van der Waals surface area contributed by atoms with Gasteiger partial charge >= 0.3 is 0 Å². The molecule has 1 unspecified atom stereocenters. The average molecular weight is 303 g/mol. The van der Waals surface area contributed by atoms with Gasteiger partial charge in [0, 0.05) is 26.1 Å². The molecular weight excluding hydrogens is 274 g/mol. The molecule has 1 N–H and O–H groups in total. The average Bonchev–Trinajstić information content (AvgIpc) is 2.54. The molecule has 2 rings (SSSR count). The van der Waals surface area contributed by atoms with Gasteiger partial charge in [0.2, 0.25) is 5.91 Å². The van der Waals surface area contributed by atoms with Crippen molar-refractivity contribution in [2.45, 2.75) is 51.9 Å². The minimum absolute atomic E-state index is 0.247. The van der Waals surface area contributed by atoms with E-state index in [4.69, 9.17) is 5.11 Å². The molecular formula is C19H29NO2. The first-order chi connectivity index (χ1) is 10.5. The smallest absolute Gasteiger partial charge is 0.223 e. The highest BCUT2D eigenvalue weighted by Crippen LogP contribution is 2.24. The van der Waals surface area contributed by atoms with Crippen LogP contribution in [-0.4, -0.2) is 35.6 Å². The molecule has 0 bridgehead atoms. The molecule has 3 heteroatoms. The summed E-state index contributed by atoms with van der Waals surface area (Å²) in [5.74, 6) is 1.42. The van der Waals surface area contributed by atoms with E-state index in [1.165, 1.54) is 11.1 Å². The fourth-order valence-electron chi connectivity index (χ4n) is 3.08. The predicted octanol–water partition coefficient (Wildman–Crippen LogP) is 3.53. The Kier molecular flexibility index (Phi) is 6.01. The van der Waals surface area contributed by atoms with Gasteiger partial charge in [0.05, 0.1) is 0 Å². The molecule has 0 radical (unpaired) electrons. The number of benzene rings is 1. The molecule has 1 heterocycles. The predicted molar refractivity (Wildman–Crippen MR) is 90.0 cm³/mol. The number of carbonyl (C=O) groups excluding carboxylic acids is 1. The number of likely N-dealkylation sites (tertiary alicyclic amines) is 1. The van der Waals surface area contributed by atoms with Crippen LogP contribution in [0.2, 0.25) is 0 Å². The quantitative estimate of drug-likeness (QED) is 0.904. The molecule has 1 aliphatic rings. The third-order valence-electron chi connectivity index (χ3n) is 4.88. The molecule has 0 saturated carbocycles. The molecule has 3 nitrogen and oxygen atoms in total. The van der Waals surface area contributed by atoms with E-state index in [9.17, 15) is 4.79 Å². The van der Waals surface area contributed by atoms with Crippen LogP contribution in [0.5, 0.6) is 0 Å². The number of nitrogens with zero attached hydrogens (tertiary/aromatic N) is 1. The SMILES string of the molecule is CC(C)c1ccc(C(C)CC(=O)N2CCC(CO)CC2)cc1. The maximum atomic E-state index is 12.4. The van der Waals surface area contributed by atoms with Crippen molar-refractivity contribution in [1.82, 2.24) is 4.90 Å². The van der Waals surface area contributed by atoms with Gasteiger partial charge in [-0.25, -0.2) is 0 Å². The van der Waals surface area contributed by atoms with Crippen LogP contribution in [0.15, 0.2) is 24.3 Å².